The highest BCUT2D eigenvalue weighted by Crippen LogP contribution is 2.31. The predicted octanol–water partition coefficient (Wildman–Crippen LogP) is 1.69. The Kier molecular flexibility index (Phi) is 4.37. The number of hydrogen-bond donors (Lipinski definition) is 1. The average molecular weight is 332 g/mol. The third kappa shape index (κ3) is 3.48. The molecule has 0 aliphatic carbocycles. The van der Waals surface area contributed by atoms with E-state index in [0.29, 0.717) is 17.3 Å². The molecule has 8 heteroatoms. The lowest BCUT2D eigenvalue weighted by molar-refractivity contribution is -0.162. The van der Waals surface area contributed by atoms with Crippen LogP contribution in [0.4, 0.5) is 5.82 Å². The van der Waals surface area contributed by atoms with Gasteiger partial charge in [-0.1, -0.05) is 17.3 Å². The van der Waals surface area contributed by atoms with Gasteiger partial charge in [0, 0.05) is 6.07 Å². The Morgan fingerprint density at radius 3 is 2.79 bits per heavy atom. The molecular formula is C16H16N2O6. The SMILES string of the molecule is Cc1cc(NC(=O)[C@H](C)OC(=O)[C@@H]2COc3ccccc3O2)no1. The van der Waals surface area contributed by atoms with Gasteiger partial charge < -0.3 is 24.1 Å². The summed E-state index contributed by atoms with van der Waals surface area (Å²) in [4.78, 5) is 24.1. The first-order chi connectivity index (χ1) is 11.5. The molecule has 0 unspecified atom stereocenters. The Morgan fingerprint density at radius 1 is 1.33 bits per heavy atom. The van der Waals surface area contributed by atoms with E-state index in [1.165, 1.54) is 6.92 Å². The summed E-state index contributed by atoms with van der Waals surface area (Å²) in [5.74, 6) is 0.639. The second-order valence-electron chi connectivity index (χ2n) is 5.26. The highest BCUT2D eigenvalue weighted by molar-refractivity contribution is 5.94. The fraction of sp³-hybridized carbons (Fsp3) is 0.312. The van der Waals surface area contributed by atoms with Gasteiger partial charge in [-0.25, -0.2) is 4.79 Å². The number of aromatic nitrogens is 1. The summed E-state index contributed by atoms with van der Waals surface area (Å²) in [6.07, 6.45) is -1.94. The Balaban J connectivity index is 1.55. The number of esters is 1. The largest absolute Gasteiger partial charge is 0.485 e. The Hall–Kier alpha value is -3.03. The molecule has 0 bridgehead atoms. The van der Waals surface area contributed by atoms with E-state index >= 15 is 0 Å². The number of carbonyl (C=O) groups excluding carboxylic acids is 2. The van der Waals surface area contributed by atoms with Crippen LogP contribution in [0.15, 0.2) is 34.9 Å². The van der Waals surface area contributed by atoms with Crippen LogP contribution >= 0.6 is 0 Å². The van der Waals surface area contributed by atoms with Crippen molar-refractivity contribution in [3.63, 3.8) is 0 Å². The maximum absolute atomic E-state index is 12.1. The molecule has 1 amide bonds. The van der Waals surface area contributed by atoms with Gasteiger partial charge in [0.25, 0.3) is 5.91 Å². The summed E-state index contributed by atoms with van der Waals surface area (Å²) in [7, 11) is 0. The third-order valence-corrected chi connectivity index (χ3v) is 3.31. The number of hydrogen-bond acceptors (Lipinski definition) is 7. The molecule has 3 rings (SSSR count). The molecule has 0 spiro atoms. The van der Waals surface area contributed by atoms with Crippen LogP contribution in [0.3, 0.4) is 0 Å². The van der Waals surface area contributed by atoms with Crippen molar-refractivity contribution >= 4 is 17.7 Å². The van der Waals surface area contributed by atoms with Crippen LogP contribution in [-0.4, -0.2) is 35.8 Å². The van der Waals surface area contributed by atoms with E-state index in [-0.39, 0.29) is 12.4 Å². The number of nitrogens with zero attached hydrogens (tertiary/aromatic N) is 1. The first-order valence-electron chi connectivity index (χ1n) is 7.36. The van der Waals surface area contributed by atoms with E-state index in [1.54, 1.807) is 37.3 Å². The zero-order valence-electron chi connectivity index (χ0n) is 13.1. The zero-order valence-corrected chi connectivity index (χ0v) is 13.1. The molecule has 2 aromatic rings. The number of rotatable bonds is 4. The number of anilines is 1. The summed E-state index contributed by atoms with van der Waals surface area (Å²) < 4.78 is 21.0. The molecule has 1 aliphatic heterocycles. The molecule has 126 valence electrons. The molecule has 1 aromatic carbocycles. The van der Waals surface area contributed by atoms with E-state index in [1.807, 2.05) is 0 Å². The van der Waals surface area contributed by atoms with Crippen LogP contribution in [0, 0.1) is 6.92 Å². The van der Waals surface area contributed by atoms with Gasteiger partial charge in [-0.2, -0.15) is 0 Å². The molecule has 0 fully saturated rings. The van der Waals surface area contributed by atoms with Gasteiger partial charge in [0.1, 0.15) is 12.4 Å². The number of fused-ring (bicyclic) bond motifs is 1. The molecule has 0 saturated heterocycles. The van der Waals surface area contributed by atoms with Crippen LogP contribution < -0.4 is 14.8 Å². The number of carbonyl (C=O) groups is 2. The smallest absolute Gasteiger partial charge is 0.351 e. The molecule has 8 nitrogen and oxygen atoms in total. The van der Waals surface area contributed by atoms with Crippen molar-refractivity contribution in [1.29, 1.82) is 0 Å². The molecule has 0 radical (unpaired) electrons. The number of benzene rings is 1. The van der Waals surface area contributed by atoms with Gasteiger partial charge in [-0.15, -0.1) is 0 Å². The summed E-state index contributed by atoms with van der Waals surface area (Å²) in [6.45, 7) is 3.18. The van der Waals surface area contributed by atoms with Crippen LogP contribution in [0.2, 0.25) is 0 Å². The third-order valence-electron chi connectivity index (χ3n) is 3.31. The zero-order chi connectivity index (χ0) is 17.1. The molecule has 1 N–H and O–H groups in total. The average Bonchev–Trinajstić information content (AvgIpc) is 2.99. The lowest BCUT2D eigenvalue weighted by Crippen LogP contribution is -2.41. The summed E-state index contributed by atoms with van der Waals surface area (Å²) in [5, 5.41) is 6.13. The normalized spacial score (nSPS) is 17.0. The first-order valence-corrected chi connectivity index (χ1v) is 7.36. The van der Waals surface area contributed by atoms with Gasteiger partial charge >= 0.3 is 5.97 Å². The highest BCUT2D eigenvalue weighted by atomic mass is 16.6. The van der Waals surface area contributed by atoms with E-state index in [2.05, 4.69) is 10.5 Å². The van der Waals surface area contributed by atoms with Gasteiger partial charge in [-0.05, 0) is 26.0 Å². The minimum atomic E-state index is -1.02. The van der Waals surface area contributed by atoms with Gasteiger partial charge in [0.2, 0.25) is 6.10 Å². The maximum atomic E-state index is 12.1. The quantitative estimate of drug-likeness (QED) is 0.850. The van der Waals surface area contributed by atoms with Crippen molar-refractivity contribution < 1.29 is 28.3 Å². The fourth-order valence-electron chi connectivity index (χ4n) is 2.09. The molecule has 1 aromatic heterocycles. The maximum Gasteiger partial charge on any atom is 0.351 e. The summed E-state index contributed by atoms with van der Waals surface area (Å²) >= 11 is 0. The van der Waals surface area contributed by atoms with Crippen LogP contribution in [0.1, 0.15) is 12.7 Å². The number of para-hydroxylation sites is 2. The van der Waals surface area contributed by atoms with E-state index < -0.39 is 24.1 Å². The summed E-state index contributed by atoms with van der Waals surface area (Å²) in [5.41, 5.74) is 0. The molecular weight excluding hydrogens is 316 g/mol. The van der Waals surface area contributed by atoms with Crippen molar-refractivity contribution in [3.05, 3.63) is 36.1 Å². The fourth-order valence-corrected chi connectivity index (χ4v) is 2.09. The van der Waals surface area contributed by atoms with Crippen molar-refractivity contribution in [2.24, 2.45) is 0 Å². The van der Waals surface area contributed by atoms with E-state index in [4.69, 9.17) is 18.7 Å². The van der Waals surface area contributed by atoms with Gasteiger partial charge in [-0.3, -0.25) is 4.79 Å². The second kappa shape index (κ2) is 6.61. The lowest BCUT2D eigenvalue weighted by Gasteiger charge is -2.25. The number of nitrogens with one attached hydrogen (secondary N) is 1. The van der Waals surface area contributed by atoms with Crippen molar-refractivity contribution in [3.8, 4) is 11.5 Å². The minimum Gasteiger partial charge on any atom is -0.485 e. The molecule has 1 aliphatic rings. The molecule has 0 saturated carbocycles. The van der Waals surface area contributed by atoms with E-state index in [0.717, 1.165) is 0 Å². The van der Waals surface area contributed by atoms with Crippen molar-refractivity contribution in [1.82, 2.24) is 5.16 Å². The van der Waals surface area contributed by atoms with Crippen molar-refractivity contribution in [2.75, 3.05) is 11.9 Å². The van der Waals surface area contributed by atoms with Crippen molar-refractivity contribution in [2.45, 2.75) is 26.1 Å². The van der Waals surface area contributed by atoms with Gasteiger partial charge in [0.05, 0.1) is 0 Å². The predicted molar refractivity (Wildman–Crippen MR) is 81.8 cm³/mol. The molecule has 2 atom stereocenters. The Bertz CT molecular complexity index is 757. The number of aryl methyl sites for hydroxylation is 1. The van der Waals surface area contributed by atoms with Gasteiger partial charge in [0.15, 0.2) is 23.4 Å². The topological polar surface area (TPSA) is 99.9 Å². The Labute approximate surface area is 137 Å². The Morgan fingerprint density at radius 2 is 2.08 bits per heavy atom. The molecule has 24 heavy (non-hydrogen) atoms. The van der Waals surface area contributed by atoms with Crippen LogP contribution in [0.25, 0.3) is 0 Å². The minimum absolute atomic E-state index is 0.0205. The van der Waals surface area contributed by atoms with E-state index in [9.17, 15) is 9.59 Å². The summed E-state index contributed by atoms with van der Waals surface area (Å²) in [6, 6.07) is 8.57. The number of amides is 1. The van der Waals surface area contributed by atoms with Crippen LogP contribution in [-0.2, 0) is 14.3 Å². The first kappa shape index (κ1) is 15.9. The standard InChI is InChI=1S/C16H16N2O6/c1-9-7-14(18-24-9)17-15(19)10(2)22-16(20)13-8-21-11-5-3-4-6-12(11)23-13/h3-7,10,13H,8H2,1-2H3,(H,17,18,19)/t10-,13-/m0/s1. The van der Waals surface area contributed by atoms with Crippen LogP contribution in [0.5, 0.6) is 11.5 Å². The monoisotopic (exact) mass is 332 g/mol. The molecule has 2 heterocycles. The highest BCUT2D eigenvalue weighted by Gasteiger charge is 2.31. The second-order valence-corrected chi connectivity index (χ2v) is 5.26. The number of ether oxygens (including phenoxy) is 3. The lowest BCUT2D eigenvalue weighted by atomic mass is 10.2.